The molecule has 29 heavy (non-hydrogen) atoms. The van der Waals surface area contributed by atoms with Gasteiger partial charge in [0.1, 0.15) is 11.5 Å². The lowest BCUT2D eigenvalue weighted by Gasteiger charge is -2.17. The van der Waals surface area contributed by atoms with Crippen molar-refractivity contribution in [3.8, 4) is 11.5 Å². The first kappa shape index (κ1) is 20.4. The SMILES string of the molecule is COc1ccc(NC2=C(c3ccc(F)cc3)C(=O)N(CC(C)C)C2=O)cc1OC. The van der Waals surface area contributed by atoms with E-state index in [1.54, 1.807) is 18.2 Å². The van der Waals surface area contributed by atoms with Crippen molar-refractivity contribution in [2.45, 2.75) is 13.8 Å². The second-order valence-corrected chi connectivity index (χ2v) is 7.07. The topological polar surface area (TPSA) is 67.9 Å². The molecule has 2 aromatic carbocycles. The van der Waals surface area contributed by atoms with Crippen molar-refractivity contribution in [1.29, 1.82) is 0 Å². The largest absolute Gasteiger partial charge is 0.493 e. The highest BCUT2D eigenvalue weighted by Gasteiger charge is 2.39. The van der Waals surface area contributed by atoms with E-state index in [0.717, 1.165) is 0 Å². The lowest BCUT2D eigenvalue weighted by Crippen LogP contribution is -2.35. The Hall–Kier alpha value is -3.35. The molecule has 0 saturated heterocycles. The fourth-order valence-electron chi connectivity index (χ4n) is 3.17. The lowest BCUT2D eigenvalue weighted by atomic mass is 10.0. The molecule has 0 radical (unpaired) electrons. The summed E-state index contributed by atoms with van der Waals surface area (Å²) in [6.07, 6.45) is 0. The zero-order valence-corrected chi connectivity index (χ0v) is 16.8. The Morgan fingerprint density at radius 1 is 0.966 bits per heavy atom. The Morgan fingerprint density at radius 3 is 2.21 bits per heavy atom. The molecule has 1 N–H and O–H groups in total. The van der Waals surface area contributed by atoms with Crippen LogP contribution in [-0.2, 0) is 9.59 Å². The van der Waals surface area contributed by atoms with Gasteiger partial charge in [-0.25, -0.2) is 4.39 Å². The maximum Gasteiger partial charge on any atom is 0.278 e. The number of hydrogen-bond acceptors (Lipinski definition) is 5. The highest BCUT2D eigenvalue weighted by Crippen LogP contribution is 2.34. The van der Waals surface area contributed by atoms with E-state index in [1.807, 2.05) is 13.8 Å². The van der Waals surface area contributed by atoms with Crippen molar-refractivity contribution in [3.05, 3.63) is 59.5 Å². The smallest absolute Gasteiger partial charge is 0.278 e. The highest BCUT2D eigenvalue weighted by atomic mass is 19.1. The van der Waals surface area contributed by atoms with Crippen LogP contribution in [-0.4, -0.2) is 37.5 Å². The maximum absolute atomic E-state index is 13.4. The first-order valence-corrected chi connectivity index (χ1v) is 9.21. The molecule has 0 unspecified atom stereocenters. The van der Waals surface area contributed by atoms with Gasteiger partial charge in [0.15, 0.2) is 11.5 Å². The molecule has 2 amide bonds. The summed E-state index contributed by atoms with van der Waals surface area (Å²) >= 11 is 0. The van der Waals surface area contributed by atoms with Crippen LogP contribution in [0.15, 0.2) is 48.2 Å². The van der Waals surface area contributed by atoms with Gasteiger partial charge in [0, 0.05) is 18.3 Å². The van der Waals surface area contributed by atoms with Crippen molar-refractivity contribution in [1.82, 2.24) is 4.90 Å². The summed E-state index contributed by atoms with van der Waals surface area (Å²) in [6.45, 7) is 4.15. The number of carbonyl (C=O) groups is 2. The first-order chi connectivity index (χ1) is 13.8. The summed E-state index contributed by atoms with van der Waals surface area (Å²) in [7, 11) is 3.04. The molecule has 3 rings (SSSR count). The van der Waals surface area contributed by atoms with Crippen LogP contribution in [0, 0.1) is 11.7 Å². The van der Waals surface area contributed by atoms with Crippen LogP contribution in [0.3, 0.4) is 0 Å². The average Bonchev–Trinajstić information content (AvgIpc) is 2.92. The van der Waals surface area contributed by atoms with Crippen molar-refractivity contribution in [2.75, 3.05) is 26.1 Å². The van der Waals surface area contributed by atoms with E-state index in [-0.39, 0.29) is 17.2 Å². The molecule has 0 fully saturated rings. The number of methoxy groups -OCH3 is 2. The van der Waals surface area contributed by atoms with Gasteiger partial charge in [-0.1, -0.05) is 26.0 Å². The molecule has 7 heteroatoms. The highest BCUT2D eigenvalue weighted by molar-refractivity contribution is 6.36. The number of hydrogen-bond donors (Lipinski definition) is 1. The number of halogens is 1. The number of ether oxygens (including phenoxy) is 2. The molecule has 6 nitrogen and oxygen atoms in total. The maximum atomic E-state index is 13.4. The van der Waals surface area contributed by atoms with Crippen LogP contribution in [0.2, 0.25) is 0 Å². The predicted octanol–water partition coefficient (Wildman–Crippen LogP) is 3.69. The molecule has 1 heterocycles. The number of carbonyl (C=O) groups excluding carboxylic acids is 2. The molecule has 2 aromatic rings. The minimum atomic E-state index is -0.419. The summed E-state index contributed by atoms with van der Waals surface area (Å²) in [5.74, 6) is -0.105. The van der Waals surface area contributed by atoms with E-state index in [9.17, 15) is 14.0 Å². The van der Waals surface area contributed by atoms with Gasteiger partial charge in [0.2, 0.25) is 0 Å². The van der Waals surface area contributed by atoms with Crippen LogP contribution < -0.4 is 14.8 Å². The molecule has 0 saturated carbocycles. The third-order valence-corrected chi connectivity index (χ3v) is 4.50. The Balaban J connectivity index is 2.05. The normalized spacial score (nSPS) is 14.1. The molecular formula is C22H23FN2O4. The van der Waals surface area contributed by atoms with E-state index >= 15 is 0 Å². The van der Waals surface area contributed by atoms with Gasteiger partial charge in [0.25, 0.3) is 11.8 Å². The van der Waals surface area contributed by atoms with Crippen LogP contribution in [0.4, 0.5) is 10.1 Å². The lowest BCUT2D eigenvalue weighted by molar-refractivity contribution is -0.137. The van der Waals surface area contributed by atoms with E-state index < -0.39 is 17.6 Å². The fourth-order valence-corrected chi connectivity index (χ4v) is 3.17. The first-order valence-electron chi connectivity index (χ1n) is 9.21. The van der Waals surface area contributed by atoms with Gasteiger partial charge < -0.3 is 14.8 Å². The van der Waals surface area contributed by atoms with Gasteiger partial charge in [-0.05, 0) is 35.7 Å². The molecule has 0 spiro atoms. The van der Waals surface area contributed by atoms with Crippen molar-refractivity contribution >= 4 is 23.1 Å². The number of amides is 2. The van der Waals surface area contributed by atoms with E-state index in [2.05, 4.69) is 5.32 Å². The third-order valence-electron chi connectivity index (χ3n) is 4.50. The second-order valence-electron chi connectivity index (χ2n) is 7.07. The van der Waals surface area contributed by atoms with Gasteiger partial charge in [-0.3, -0.25) is 14.5 Å². The van der Waals surface area contributed by atoms with Crippen molar-refractivity contribution in [2.24, 2.45) is 5.92 Å². The van der Waals surface area contributed by atoms with Gasteiger partial charge in [0.05, 0.1) is 19.8 Å². The number of rotatable bonds is 7. The Kier molecular flexibility index (Phi) is 5.87. The number of nitrogens with zero attached hydrogens (tertiary/aromatic N) is 1. The molecule has 152 valence electrons. The van der Waals surface area contributed by atoms with Crippen LogP contribution in [0.5, 0.6) is 11.5 Å². The molecular weight excluding hydrogens is 375 g/mol. The van der Waals surface area contributed by atoms with Crippen molar-refractivity contribution < 1.29 is 23.5 Å². The summed E-state index contributed by atoms with van der Waals surface area (Å²) < 4.78 is 23.9. The zero-order chi connectivity index (χ0) is 21.1. The zero-order valence-electron chi connectivity index (χ0n) is 16.8. The minimum absolute atomic E-state index is 0.109. The predicted molar refractivity (Wildman–Crippen MR) is 108 cm³/mol. The molecule has 0 bridgehead atoms. The standard InChI is InChI=1S/C22H23FN2O4/c1-13(2)12-25-21(26)19(14-5-7-15(23)8-6-14)20(22(25)27)24-16-9-10-17(28-3)18(11-16)29-4/h5-11,13,24H,12H2,1-4H3. The van der Waals surface area contributed by atoms with Crippen LogP contribution in [0.25, 0.3) is 5.57 Å². The number of benzene rings is 2. The summed E-state index contributed by atoms with van der Waals surface area (Å²) in [6, 6.07) is 10.6. The Bertz CT molecular complexity index is 967. The number of imide groups is 1. The summed E-state index contributed by atoms with van der Waals surface area (Å²) in [4.78, 5) is 27.3. The fraction of sp³-hybridized carbons (Fsp3) is 0.273. The number of nitrogens with one attached hydrogen (secondary N) is 1. The van der Waals surface area contributed by atoms with Gasteiger partial charge in [-0.2, -0.15) is 0 Å². The molecule has 1 aliphatic rings. The van der Waals surface area contributed by atoms with E-state index in [4.69, 9.17) is 9.47 Å². The monoisotopic (exact) mass is 398 g/mol. The summed E-state index contributed by atoms with van der Waals surface area (Å²) in [5, 5.41) is 3.05. The van der Waals surface area contributed by atoms with Gasteiger partial charge >= 0.3 is 0 Å². The van der Waals surface area contributed by atoms with Crippen LogP contribution >= 0.6 is 0 Å². The third kappa shape index (κ3) is 4.08. The Morgan fingerprint density at radius 2 is 1.62 bits per heavy atom. The molecule has 1 aliphatic heterocycles. The molecule has 0 aliphatic carbocycles. The van der Waals surface area contributed by atoms with Gasteiger partial charge in [-0.15, -0.1) is 0 Å². The second kappa shape index (κ2) is 8.34. The molecule has 0 aromatic heterocycles. The quantitative estimate of drug-likeness (QED) is 0.721. The Labute approximate surface area is 168 Å². The van der Waals surface area contributed by atoms with E-state index in [1.165, 1.54) is 43.4 Å². The van der Waals surface area contributed by atoms with E-state index in [0.29, 0.717) is 29.3 Å². The summed E-state index contributed by atoms with van der Waals surface area (Å²) in [5.41, 5.74) is 1.39. The van der Waals surface area contributed by atoms with Crippen LogP contribution in [0.1, 0.15) is 19.4 Å². The van der Waals surface area contributed by atoms with Crippen molar-refractivity contribution in [3.63, 3.8) is 0 Å². The number of anilines is 1. The molecule has 0 atom stereocenters. The minimum Gasteiger partial charge on any atom is -0.493 e. The average molecular weight is 398 g/mol.